The van der Waals surface area contributed by atoms with E-state index in [9.17, 15) is 8.78 Å². The fourth-order valence-corrected chi connectivity index (χ4v) is 1.79. The summed E-state index contributed by atoms with van der Waals surface area (Å²) in [6, 6.07) is 0. The number of aliphatic hydroxyl groups is 1. The van der Waals surface area contributed by atoms with Gasteiger partial charge in [0.05, 0.1) is 0 Å². The van der Waals surface area contributed by atoms with Crippen LogP contribution in [0.5, 0.6) is 0 Å². The number of unbranched alkanes of at least 4 members (excludes halogenated alkanes) is 4. The van der Waals surface area contributed by atoms with Crippen molar-refractivity contribution in [2.75, 3.05) is 6.61 Å². The van der Waals surface area contributed by atoms with Crippen LogP contribution in [0, 0.1) is 0 Å². The van der Waals surface area contributed by atoms with E-state index in [-0.39, 0.29) is 19.4 Å². The zero-order valence-corrected chi connectivity index (χ0v) is 12.1. The Hall–Kier alpha value is -0.700. The molecule has 0 radical (unpaired) electrons. The Labute approximate surface area is 116 Å². The van der Waals surface area contributed by atoms with E-state index in [0.29, 0.717) is 32.1 Å². The third-order valence-electron chi connectivity index (χ3n) is 2.95. The molecule has 0 atom stereocenters. The van der Waals surface area contributed by atoms with Crippen molar-refractivity contribution >= 4 is 0 Å². The maximum absolute atomic E-state index is 13.4. The molecule has 0 bridgehead atoms. The number of allylic oxidation sites excluding steroid dienone is 4. The van der Waals surface area contributed by atoms with Crippen molar-refractivity contribution in [3.8, 4) is 0 Å². The zero-order valence-electron chi connectivity index (χ0n) is 12.1. The minimum atomic E-state index is -2.54. The Balaban J connectivity index is 3.56. The molecule has 3 heteroatoms. The number of aliphatic hydroxyl groups excluding tert-OH is 1. The maximum Gasteiger partial charge on any atom is 0.248 e. The molecule has 112 valence electrons. The summed E-state index contributed by atoms with van der Waals surface area (Å²) in [5.41, 5.74) is 0. The van der Waals surface area contributed by atoms with E-state index in [4.69, 9.17) is 5.11 Å². The first kappa shape index (κ1) is 18.3. The first-order chi connectivity index (χ1) is 9.12. The van der Waals surface area contributed by atoms with Gasteiger partial charge in [-0.2, -0.15) is 0 Å². The van der Waals surface area contributed by atoms with Crippen LogP contribution in [0.25, 0.3) is 0 Å². The second-order valence-corrected chi connectivity index (χ2v) is 4.93. The minimum Gasteiger partial charge on any atom is -0.396 e. The zero-order chi connectivity index (χ0) is 14.4. The molecule has 19 heavy (non-hydrogen) atoms. The average Bonchev–Trinajstić information content (AvgIpc) is 2.38. The molecule has 0 aliphatic rings. The van der Waals surface area contributed by atoms with Crippen molar-refractivity contribution in [1.82, 2.24) is 0 Å². The summed E-state index contributed by atoms with van der Waals surface area (Å²) >= 11 is 0. The van der Waals surface area contributed by atoms with Gasteiger partial charge in [0, 0.05) is 19.4 Å². The quantitative estimate of drug-likeness (QED) is 0.380. The molecule has 0 saturated heterocycles. The summed E-state index contributed by atoms with van der Waals surface area (Å²) in [6.45, 7) is 2.22. The van der Waals surface area contributed by atoms with Crippen LogP contribution in [-0.2, 0) is 0 Å². The van der Waals surface area contributed by atoms with Crippen molar-refractivity contribution in [3.63, 3.8) is 0 Å². The highest BCUT2D eigenvalue weighted by atomic mass is 19.3. The fourth-order valence-electron chi connectivity index (χ4n) is 1.79. The minimum absolute atomic E-state index is 0.0326. The van der Waals surface area contributed by atoms with E-state index >= 15 is 0 Å². The van der Waals surface area contributed by atoms with E-state index in [0.717, 1.165) is 12.8 Å². The van der Waals surface area contributed by atoms with Crippen LogP contribution >= 0.6 is 0 Å². The van der Waals surface area contributed by atoms with Gasteiger partial charge in [-0.05, 0) is 32.1 Å². The number of hydrogen-bond donors (Lipinski definition) is 1. The SMILES string of the molecule is CCC/C=C\C=C\CCCC(F)(F)CCCCCO. The molecule has 0 aromatic carbocycles. The molecule has 0 aliphatic carbocycles. The average molecular weight is 274 g/mol. The van der Waals surface area contributed by atoms with Gasteiger partial charge in [-0.15, -0.1) is 0 Å². The standard InChI is InChI=1S/C16H28F2O/c1-2-3-4-5-6-7-8-10-13-16(17,18)14-11-9-12-15-19/h4-7,19H,2-3,8-15H2,1H3/b5-4-,7-6+. The van der Waals surface area contributed by atoms with E-state index in [2.05, 4.69) is 13.0 Å². The van der Waals surface area contributed by atoms with Crippen LogP contribution in [0.15, 0.2) is 24.3 Å². The summed E-state index contributed by atoms with van der Waals surface area (Å²) in [7, 11) is 0. The van der Waals surface area contributed by atoms with E-state index < -0.39 is 5.92 Å². The topological polar surface area (TPSA) is 20.2 Å². The predicted molar refractivity (Wildman–Crippen MR) is 77.5 cm³/mol. The van der Waals surface area contributed by atoms with Crippen LogP contribution < -0.4 is 0 Å². The fraction of sp³-hybridized carbons (Fsp3) is 0.750. The summed E-state index contributed by atoms with van der Waals surface area (Å²) in [5.74, 6) is -2.54. The molecule has 0 unspecified atom stereocenters. The van der Waals surface area contributed by atoms with Gasteiger partial charge in [-0.3, -0.25) is 0 Å². The van der Waals surface area contributed by atoms with Crippen LogP contribution in [0.4, 0.5) is 8.78 Å². The second-order valence-electron chi connectivity index (χ2n) is 4.93. The Kier molecular flexibility index (Phi) is 11.9. The molecule has 0 amide bonds. The van der Waals surface area contributed by atoms with Gasteiger partial charge in [0.15, 0.2) is 0 Å². The number of halogens is 2. The first-order valence-electron chi connectivity index (χ1n) is 7.42. The van der Waals surface area contributed by atoms with Crippen molar-refractivity contribution in [2.45, 2.75) is 70.6 Å². The van der Waals surface area contributed by atoms with E-state index in [1.165, 1.54) is 0 Å². The highest BCUT2D eigenvalue weighted by Crippen LogP contribution is 2.27. The van der Waals surface area contributed by atoms with Gasteiger partial charge in [0.1, 0.15) is 0 Å². The van der Waals surface area contributed by atoms with Crippen molar-refractivity contribution in [1.29, 1.82) is 0 Å². The number of hydrogen-bond acceptors (Lipinski definition) is 1. The largest absolute Gasteiger partial charge is 0.396 e. The lowest BCUT2D eigenvalue weighted by molar-refractivity contribution is -0.0201. The monoisotopic (exact) mass is 274 g/mol. The van der Waals surface area contributed by atoms with Crippen LogP contribution in [-0.4, -0.2) is 17.6 Å². The lowest BCUT2D eigenvalue weighted by atomic mass is 10.0. The normalized spacial score (nSPS) is 12.8. The van der Waals surface area contributed by atoms with Crippen LogP contribution in [0.2, 0.25) is 0 Å². The molecule has 0 spiro atoms. The highest BCUT2D eigenvalue weighted by molar-refractivity contribution is 5.02. The van der Waals surface area contributed by atoms with Gasteiger partial charge in [0.2, 0.25) is 5.92 Å². The van der Waals surface area contributed by atoms with Gasteiger partial charge >= 0.3 is 0 Å². The van der Waals surface area contributed by atoms with Gasteiger partial charge < -0.3 is 5.11 Å². The Bertz CT molecular complexity index is 247. The number of alkyl halides is 2. The molecule has 0 fully saturated rings. The van der Waals surface area contributed by atoms with Gasteiger partial charge in [-0.1, -0.05) is 44.1 Å². The molecular formula is C16H28F2O. The van der Waals surface area contributed by atoms with Gasteiger partial charge in [-0.25, -0.2) is 8.78 Å². The predicted octanol–water partition coefficient (Wildman–Crippen LogP) is 5.26. The number of rotatable bonds is 12. The molecule has 0 aromatic rings. The molecule has 0 aliphatic heterocycles. The Morgan fingerprint density at radius 2 is 1.53 bits per heavy atom. The molecule has 0 saturated carbocycles. The van der Waals surface area contributed by atoms with Crippen LogP contribution in [0.3, 0.4) is 0 Å². The summed E-state index contributed by atoms with van der Waals surface area (Å²) in [5, 5.41) is 8.57. The van der Waals surface area contributed by atoms with Crippen molar-refractivity contribution < 1.29 is 13.9 Å². The molecule has 0 heterocycles. The van der Waals surface area contributed by atoms with Crippen molar-refractivity contribution in [2.24, 2.45) is 0 Å². The first-order valence-corrected chi connectivity index (χ1v) is 7.42. The molecular weight excluding hydrogens is 246 g/mol. The highest BCUT2D eigenvalue weighted by Gasteiger charge is 2.26. The molecule has 1 nitrogen and oxygen atoms in total. The summed E-state index contributed by atoms with van der Waals surface area (Å²) in [4.78, 5) is 0. The third-order valence-corrected chi connectivity index (χ3v) is 2.95. The molecule has 0 aromatic heterocycles. The van der Waals surface area contributed by atoms with Crippen molar-refractivity contribution in [3.05, 3.63) is 24.3 Å². The third kappa shape index (κ3) is 13.5. The van der Waals surface area contributed by atoms with Crippen LogP contribution in [0.1, 0.15) is 64.7 Å². The lowest BCUT2D eigenvalue weighted by Crippen LogP contribution is -2.15. The summed E-state index contributed by atoms with van der Waals surface area (Å²) < 4.78 is 26.9. The second kappa shape index (κ2) is 12.3. The van der Waals surface area contributed by atoms with E-state index in [1.54, 1.807) is 0 Å². The Morgan fingerprint density at radius 1 is 0.895 bits per heavy atom. The maximum atomic E-state index is 13.4. The molecule has 0 rings (SSSR count). The lowest BCUT2D eigenvalue weighted by Gasteiger charge is -2.15. The molecule has 1 N–H and O–H groups in total. The smallest absolute Gasteiger partial charge is 0.248 e. The van der Waals surface area contributed by atoms with E-state index in [1.807, 2.05) is 18.2 Å². The Morgan fingerprint density at radius 3 is 2.16 bits per heavy atom. The van der Waals surface area contributed by atoms with Gasteiger partial charge in [0.25, 0.3) is 0 Å². The summed E-state index contributed by atoms with van der Waals surface area (Å²) in [6.07, 6.45) is 13.1.